The van der Waals surface area contributed by atoms with Crippen molar-refractivity contribution in [3.05, 3.63) is 0 Å². The first-order valence-electron chi connectivity index (χ1n) is 5.08. The van der Waals surface area contributed by atoms with E-state index in [4.69, 9.17) is 9.47 Å². The molecule has 0 aromatic carbocycles. The summed E-state index contributed by atoms with van der Waals surface area (Å²) in [7, 11) is 3.26. The maximum Gasteiger partial charge on any atom is 0.236 e. The smallest absolute Gasteiger partial charge is 0.236 e. The number of ether oxygens (including phenoxy) is 2. The van der Waals surface area contributed by atoms with Gasteiger partial charge in [-0.25, -0.2) is 0 Å². The molecule has 1 unspecified atom stereocenters. The first-order chi connectivity index (χ1) is 7.17. The number of methoxy groups -OCH3 is 2. The van der Waals surface area contributed by atoms with Crippen molar-refractivity contribution in [2.75, 3.05) is 40.5 Å². The van der Waals surface area contributed by atoms with Gasteiger partial charge in [0, 0.05) is 27.3 Å². The van der Waals surface area contributed by atoms with Crippen LogP contribution < -0.4 is 0 Å². The van der Waals surface area contributed by atoms with Crippen molar-refractivity contribution >= 4 is 21.8 Å². The van der Waals surface area contributed by atoms with Crippen molar-refractivity contribution in [2.24, 2.45) is 0 Å². The van der Waals surface area contributed by atoms with Gasteiger partial charge in [-0.15, -0.1) is 0 Å². The van der Waals surface area contributed by atoms with Gasteiger partial charge in [0.1, 0.15) is 0 Å². The number of amides is 1. The van der Waals surface area contributed by atoms with Gasteiger partial charge < -0.3 is 14.4 Å². The lowest BCUT2D eigenvalue weighted by Crippen LogP contribution is -2.40. The molecule has 0 aliphatic carbocycles. The first kappa shape index (κ1) is 14.9. The molecule has 0 aliphatic rings. The first-order valence-corrected chi connectivity index (χ1v) is 5.99. The topological polar surface area (TPSA) is 38.8 Å². The van der Waals surface area contributed by atoms with Gasteiger partial charge in [0.15, 0.2) is 0 Å². The van der Waals surface area contributed by atoms with Crippen molar-refractivity contribution in [1.82, 2.24) is 4.90 Å². The molecule has 0 N–H and O–H groups in total. The van der Waals surface area contributed by atoms with E-state index < -0.39 is 0 Å². The van der Waals surface area contributed by atoms with Gasteiger partial charge in [-0.2, -0.15) is 0 Å². The number of carbonyl (C=O) groups is 1. The Morgan fingerprint density at radius 2 is 1.73 bits per heavy atom. The zero-order valence-corrected chi connectivity index (χ0v) is 11.2. The molecule has 15 heavy (non-hydrogen) atoms. The van der Waals surface area contributed by atoms with Crippen molar-refractivity contribution in [2.45, 2.75) is 18.2 Å². The van der Waals surface area contributed by atoms with E-state index in [0.29, 0.717) is 26.3 Å². The summed E-state index contributed by atoms with van der Waals surface area (Å²) in [6.07, 6.45) is 0.787. The van der Waals surface area contributed by atoms with E-state index >= 15 is 0 Å². The Hall–Kier alpha value is -0.130. The molecule has 0 spiro atoms. The highest BCUT2D eigenvalue weighted by atomic mass is 79.9. The lowest BCUT2D eigenvalue weighted by atomic mass is 10.3. The lowest BCUT2D eigenvalue weighted by molar-refractivity contribution is -0.131. The summed E-state index contributed by atoms with van der Waals surface area (Å²) in [6.45, 7) is 4.31. The minimum Gasteiger partial charge on any atom is -0.383 e. The zero-order valence-electron chi connectivity index (χ0n) is 9.66. The van der Waals surface area contributed by atoms with Crippen molar-refractivity contribution < 1.29 is 14.3 Å². The van der Waals surface area contributed by atoms with E-state index in [2.05, 4.69) is 15.9 Å². The molecule has 0 aromatic heterocycles. The summed E-state index contributed by atoms with van der Waals surface area (Å²) >= 11 is 3.35. The number of hydrogen-bond acceptors (Lipinski definition) is 3. The molecule has 4 nitrogen and oxygen atoms in total. The van der Waals surface area contributed by atoms with Gasteiger partial charge >= 0.3 is 0 Å². The maximum atomic E-state index is 11.9. The zero-order chi connectivity index (χ0) is 11.7. The molecule has 1 amide bonds. The number of halogens is 1. The van der Waals surface area contributed by atoms with Crippen LogP contribution in [0.4, 0.5) is 0 Å². The van der Waals surface area contributed by atoms with Crippen LogP contribution in [-0.4, -0.2) is 56.2 Å². The molecule has 1 atom stereocenters. The highest BCUT2D eigenvalue weighted by Crippen LogP contribution is 2.08. The van der Waals surface area contributed by atoms with Crippen LogP contribution in [0.1, 0.15) is 13.3 Å². The fourth-order valence-electron chi connectivity index (χ4n) is 1.11. The Balaban J connectivity index is 4.13. The molecule has 0 fully saturated rings. The van der Waals surface area contributed by atoms with Gasteiger partial charge in [-0.1, -0.05) is 22.9 Å². The molecule has 0 bridgehead atoms. The second-order valence-corrected chi connectivity index (χ2v) is 4.29. The predicted molar refractivity (Wildman–Crippen MR) is 63.3 cm³/mol. The Bertz CT molecular complexity index is 170. The second kappa shape index (κ2) is 9.12. The van der Waals surface area contributed by atoms with Crippen LogP contribution >= 0.6 is 15.9 Å². The normalized spacial score (nSPS) is 12.5. The molecule has 0 saturated heterocycles. The largest absolute Gasteiger partial charge is 0.383 e. The standard InChI is InChI=1S/C10H20BrNO3/c1-4-9(11)10(13)12(5-7-14-2)6-8-15-3/h9H,4-8H2,1-3H3. The van der Waals surface area contributed by atoms with E-state index in [-0.39, 0.29) is 10.7 Å². The second-order valence-electron chi connectivity index (χ2n) is 3.19. The number of rotatable bonds is 8. The summed E-state index contributed by atoms with van der Waals surface area (Å²) in [5.74, 6) is 0.103. The van der Waals surface area contributed by atoms with Gasteiger partial charge in [-0.05, 0) is 6.42 Å². The van der Waals surface area contributed by atoms with Crippen LogP contribution in [-0.2, 0) is 14.3 Å². The molecule has 90 valence electrons. The lowest BCUT2D eigenvalue weighted by Gasteiger charge is -2.24. The number of alkyl halides is 1. The van der Waals surface area contributed by atoms with E-state index in [9.17, 15) is 4.79 Å². The van der Waals surface area contributed by atoms with Crippen LogP contribution in [0.2, 0.25) is 0 Å². The average molecular weight is 282 g/mol. The molecule has 0 rings (SSSR count). The molecule has 5 heteroatoms. The Labute approximate surface area is 100 Å². The molecule has 0 aromatic rings. The quantitative estimate of drug-likeness (QED) is 0.630. The van der Waals surface area contributed by atoms with Gasteiger partial charge in [-0.3, -0.25) is 4.79 Å². The summed E-state index contributed by atoms with van der Waals surface area (Å²) in [6, 6.07) is 0. The SMILES string of the molecule is CCC(Br)C(=O)N(CCOC)CCOC. The van der Waals surface area contributed by atoms with Gasteiger partial charge in [0.05, 0.1) is 18.0 Å². The fraction of sp³-hybridized carbons (Fsp3) is 0.900. The summed E-state index contributed by atoms with van der Waals surface area (Å²) in [5, 5.41) is 0. The summed E-state index contributed by atoms with van der Waals surface area (Å²) < 4.78 is 9.93. The Morgan fingerprint density at radius 1 is 1.27 bits per heavy atom. The van der Waals surface area contributed by atoms with E-state index in [1.807, 2.05) is 6.92 Å². The van der Waals surface area contributed by atoms with E-state index in [1.54, 1.807) is 19.1 Å². The third-order valence-electron chi connectivity index (χ3n) is 2.07. The van der Waals surface area contributed by atoms with Gasteiger partial charge in [0.25, 0.3) is 0 Å². The van der Waals surface area contributed by atoms with Crippen LogP contribution in [0.15, 0.2) is 0 Å². The minimum absolute atomic E-state index is 0.103. The predicted octanol–water partition coefficient (Wildman–Crippen LogP) is 1.28. The molecular weight excluding hydrogens is 262 g/mol. The maximum absolute atomic E-state index is 11.9. The van der Waals surface area contributed by atoms with E-state index in [0.717, 1.165) is 6.42 Å². The van der Waals surface area contributed by atoms with Crippen LogP contribution in [0.3, 0.4) is 0 Å². The van der Waals surface area contributed by atoms with Crippen LogP contribution in [0.25, 0.3) is 0 Å². The summed E-state index contributed by atoms with van der Waals surface area (Å²) in [5.41, 5.74) is 0. The number of nitrogens with zero attached hydrogens (tertiary/aromatic N) is 1. The third-order valence-corrected chi connectivity index (χ3v) is 3.11. The monoisotopic (exact) mass is 281 g/mol. The van der Waals surface area contributed by atoms with E-state index in [1.165, 1.54) is 0 Å². The van der Waals surface area contributed by atoms with Crippen LogP contribution in [0, 0.1) is 0 Å². The van der Waals surface area contributed by atoms with Crippen molar-refractivity contribution in [3.8, 4) is 0 Å². The molecule has 0 radical (unpaired) electrons. The molecule has 0 heterocycles. The third kappa shape index (κ3) is 6.12. The highest BCUT2D eigenvalue weighted by Gasteiger charge is 2.19. The highest BCUT2D eigenvalue weighted by molar-refractivity contribution is 9.10. The number of hydrogen-bond donors (Lipinski definition) is 0. The molecular formula is C10H20BrNO3. The Kier molecular flexibility index (Phi) is 9.04. The average Bonchev–Trinajstić information content (AvgIpc) is 2.27. The molecule has 0 aliphatic heterocycles. The number of carbonyl (C=O) groups excluding carboxylic acids is 1. The van der Waals surface area contributed by atoms with Gasteiger partial charge in [0.2, 0.25) is 5.91 Å². The molecule has 0 saturated carbocycles. The van der Waals surface area contributed by atoms with Crippen molar-refractivity contribution in [3.63, 3.8) is 0 Å². The summed E-state index contributed by atoms with van der Waals surface area (Å²) in [4.78, 5) is 13.5. The fourth-order valence-corrected chi connectivity index (χ4v) is 1.40. The minimum atomic E-state index is -0.105. The van der Waals surface area contributed by atoms with Crippen LogP contribution in [0.5, 0.6) is 0 Å². The van der Waals surface area contributed by atoms with Crippen molar-refractivity contribution in [1.29, 1.82) is 0 Å². The Morgan fingerprint density at radius 3 is 2.07 bits per heavy atom.